The second kappa shape index (κ2) is 6.95. The van der Waals surface area contributed by atoms with Crippen molar-refractivity contribution in [1.29, 1.82) is 0 Å². The highest BCUT2D eigenvalue weighted by molar-refractivity contribution is 5.82. The smallest absolute Gasteiger partial charge is 0.222 e. The van der Waals surface area contributed by atoms with Crippen LogP contribution in [-0.4, -0.2) is 21.7 Å². The van der Waals surface area contributed by atoms with Gasteiger partial charge in [0.15, 0.2) is 0 Å². The minimum absolute atomic E-state index is 0.157. The molecule has 3 rings (SSSR count). The molecule has 0 spiro atoms. The molecule has 0 saturated heterocycles. The number of amides is 1. The number of para-hydroxylation sites is 1. The number of carbonyl (C=O) groups excluding carboxylic acids is 1. The first-order chi connectivity index (χ1) is 10.7. The van der Waals surface area contributed by atoms with Gasteiger partial charge in [-0.2, -0.15) is 5.10 Å². The van der Waals surface area contributed by atoms with E-state index in [1.807, 2.05) is 16.9 Å². The molecule has 1 fully saturated rings. The van der Waals surface area contributed by atoms with Gasteiger partial charge < -0.3 is 5.32 Å². The summed E-state index contributed by atoms with van der Waals surface area (Å²) in [5, 5.41) is 8.77. The average molecular weight is 299 g/mol. The minimum atomic E-state index is 0.157. The van der Waals surface area contributed by atoms with Crippen LogP contribution in [0.4, 0.5) is 0 Å². The number of fused-ring (bicyclic) bond motifs is 1. The van der Waals surface area contributed by atoms with Crippen LogP contribution in [0.25, 0.3) is 10.9 Å². The van der Waals surface area contributed by atoms with E-state index in [1.165, 1.54) is 31.2 Å². The Morgan fingerprint density at radius 2 is 2.05 bits per heavy atom. The van der Waals surface area contributed by atoms with Crippen LogP contribution < -0.4 is 5.32 Å². The van der Waals surface area contributed by atoms with Crippen molar-refractivity contribution in [2.24, 2.45) is 0 Å². The molecule has 0 radical (unpaired) electrons. The van der Waals surface area contributed by atoms with Crippen molar-refractivity contribution in [2.45, 2.75) is 64.5 Å². The lowest BCUT2D eigenvalue weighted by Gasteiger charge is -2.16. The maximum atomic E-state index is 12.2. The van der Waals surface area contributed by atoms with Crippen LogP contribution in [0.3, 0.4) is 0 Å². The normalized spacial score (nSPS) is 16.6. The lowest BCUT2D eigenvalue weighted by atomic mass is 10.1. The number of hydrogen-bond donors (Lipinski definition) is 1. The summed E-state index contributed by atoms with van der Waals surface area (Å²) in [5.74, 6) is 0.157. The van der Waals surface area contributed by atoms with Crippen LogP contribution in [0.2, 0.25) is 0 Å². The number of nitrogens with one attached hydrogen (secondary N) is 1. The van der Waals surface area contributed by atoms with E-state index in [-0.39, 0.29) is 5.91 Å². The van der Waals surface area contributed by atoms with Gasteiger partial charge in [0.2, 0.25) is 5.91 Å². The fraction of sp³-hybridized carbons (Fsp3) is 0.556. The van der Waals surface area contributed by atoms with Crippen molar-refractivity contribution in [3.8, 4) is 0 Å². The van der Waals surface area contributed by atoms with E-state index in [9.17, 15) is 4.79 Å². The summed E-state index contributed by atoms with van der Waals surface area (Å²) in [6, 6.07) is 6.58. The number of aryl methyl sites for hydroxylation is 2. The topological polar surface area (TPSA) is 46.9 Å². The fourth-order valence-corrected chi connectivity index (χ4v) is 3.43. The molecule has 1 amide bonds. The first-order valence-corrected chi connectivity index (χ1v) is 8.44. The number of carbonyl (C=O) groups is 1. The van der Waals surface area contributed by atoms with E-state index in [4.69, 9.17) is 0 Å². The zero-order valence-corrected chi connectivity index (χ0v) is 13.3. The number of aromatic nitrogens is 2. The summed E-state index contributed by atoms with van der Waals surface area (Å²) in [4.78, 5) is 12.2. The van der Waals surface area contributed by atoms with Crippen LogP contribution in [0.15, 0.2) is 24.4 Å². The second-order valence-electron chi connectivity index (χ2n) is 6.39. The summed E-state index contributed by atoms with van der Waals surface area (Å²) in [6.07, 6.45) is 9.76. The Morgan fingerprint density at radius 3 is 2.82 bits per heavy atom. The molecule has 1 aromatic heterocycles. The predicted molar refractivity (Wildman–Crippen MR) is 88.7 cm³/mol. The van der Waals surface area contributed by atoms with Crippen molar-refractivity contribution in [3.05, 3.63) is 30.0 Å². The van der Waals surface area contributed by atoms with Gasteiger partial charge in [-0.15, -0.1) is 0 Å². The van der Waals surface area contributed by atoms with Crippen LogP contribution in [0, 0.1) is 6.92 Å². The van der Waals surface area contributed by atoms with Gasteiger partial charge in [0.05, 0.1) is 18.3 Å². The molecule has 118 valence electrons. The quantitative estimate of drug-likeness (QED) is 0.877. The Balaban J connectivity index is 1.58. The fourth-order valence-electron chi connectivity index (χ4n) is 3.43. The van der Waals surface area contributed by atoms with Gasteiger partial charge in [-0.25, -0.2) is 0 Å². The van der Waals surface area contributed by atoms with Gasteiger partial charge in [0.25, 0.3) is 0 Å². The number of nitrogens with zero attached hydrogens (tertiary/aromatic N) is 2. The Hall–Kier alpha value is -1.84. The molecule has 2 aromatic rings. The van der Waals surface area contributed by atoms with E-state index < -0.39 is 0 Å². The number of benzene rings is 1. The first-order valence-electron chi connectivity index (χ1n) is 8.44. The van der Waals surface area contributed by atoms with Crippen molar-refractivity contribution >= 4 is 16.8 Å². The Bertz CT molecular complexity index is 639. The Labute approximate surface area is 131 Å². The van der Waals surface area contributed by atoms with Gasteiger partial charge in [-0.3, -0.25) is 9.48 Å². The van der Waals surface area contributed by atoms with Gasteiger partial charge in [-0.1, -0.05) is 43.9 Å². The van der Waals surface area contributed by atoms with E-state index in [0.29, 0.717) is 19.0 Å². The third kappa shape index (κ3) is 3.49. The largest absolute Gasteiger partial charge is 0.353 e. The molecule has 1 aromatic carbocycles. The molecule has 0 unspecified atom stereocenters. The molecule has 1 saturated carbocycles. The first kappa shape index (κ1) is 15.1. The molecule has 1 aliphatic rings. The zero-order valence-electron chi connectivity index (χ0n) is 13.3. The van der Waals surface area contributed by atoms with Crippen LogP contribution in [0.1, 0.15) is 50.5 Å². The predicted octanol–water partition coefficient (Wildman–Crippen LogP) is 3.57. The SMILES string of the molecule is Cc1cccc2cnn(CCC(=O)NC3CCCCCC3)c12. The monoisotopic (exact) mass is 299 g/mol. The molecule has 22 heavy (non-hydrogen) atoms. The second-order valence-corrected chi connectivity index (χ2v) is 6.39. The highest BCUT2D eigenvalue weighted by atomic mass is 16.1. The Morgan fingerprint density at radius 1 is 1.27 bits per heavy atom. The minimum Gasteiger partial charge on any atom is -0.353 e. The van der Waals surface area contributed by atoms with Crippen LogP contribution in [-0.2, 0) is 11.3 Å². The molecular weight excluding hydrogens is 274 g/mol. The standard InChI is InChI=1S/C18H25N3O/c1-14-7-6-8-15-13-19-21(18(14)15)12-11-17(22)20-16-9-4-2-3-5-10-16/h6-8,13,16H,2-5,9-12H2,1H3,(H,20,22). The summed E-state index contributed by atoms with van der Waals surface area (Å²) >= 11 is 0. The van der Waals surface area contributed by atoms with Crippen molar-refractivity contribution in [1.82, 2.24) is 15.1 Å². The molecule has 0 atom stereocenters. The zero-order chi connectivity index (χ0) is 15.4. The van der Waals surface area contributed by atoms with E-state index in [2.05, 4.69) is 29.5 Å². The summed E-state index contributed by atoms with van der Waals surface area (Å²) in [6.45, 7) is 2.74. The number of hydrogen-bond acceptors (Lipinski definition) is 2. The van der Waals surface area contributed by atoms with Gasteiger partial charge >= 0.3 is 0 Å². The Kier molecular flexibility index (Phi) is 4.76. The molecule has 1 N–H and O–H groups in total. The third-order valence-corrected chi connectivity index (χ3v) is 4.63. The van der Waals surface area contributed by atoms with E-state index in [0.717, 1.165) is 23.7 Å². The molecule has 4 heteroatoms. The van der Waals surface area contributed by atoms with Gasteiger partial charge in [-0.05, 0) is 25.3 Å². The number of rotatable bonds is 4. The summed E-state index contributed by atoms with van der Waals surface area (Å²) in [7, 11) is 0. The van der Waals surface area contributed by atoms with Crippen molar-refractivity contribution in [2.75, 3.05) is 0 Å². The molecule has 0 bridgehead atoms. The molecular formula is C18H25N3O. The lowest BCUT2D eigenvalue weighted by molar-refractivity contribution is -0.122. The molecule has 4 nitrogen and oxygen atoms in total. The highest BCUT2D eigenvalue weighted by Gasteiger charge is 2.15. The molecule has 1 heterocycles. The van der Waals surface area contributed by atoms with Crippen molar-refractivity contribution < 1.29 is 4.79 Å². The van der Waals surface area contributed by atoms with Crippen LogP contribution >= 0.6 is 0 Å². The molecule has 0 aliphatic heterocycles. The third-order valence-electron chi connectivity index (χ3n) is 4.63. The highest BCUT2D eigenvalue weighted by Crippen LogP contribution is 2.19. The summed E-state index contributed by atoms with van der Waals surface area (Å²) < 4.78 is 1.96. The molecule has 1 aliphatic carbocycles. The average Bonchev–Trinajstić information content (AvgIpc) is 2.76. The maximum Gasteiger partial charge on any atom is 0.222 e. The lowest BCUT2D eigenvalue weighted by Crippen LogP contribution is -2.34. The van der Waals surface area contributed by atoms with Gasteiger partial charge in [0.1, 0.15) is 0 Å². The summed E-state index contributed by atoms with van der Waals surface area (Å²) in [5.41, 5.74) is 2.35. The van der Waals surface area contributed by atoms with Crippen molar-refractivity contribution in [3.63, 3.8) is 0 Å². The van der Waals surface area contributed by atoms with E-state index >= 15 is 0 Å². The van der Waals surface area contributed by atoms with Gasteiger partial charge in [0, 0.05) is 17.8 Å². The maximum absolute atomic E-state index is 12.2. The van der Waals surface area contributed by atoms with E-state index in [1.54, 1.807) is 0 Å². The van der Waals surface area contributed by atoms with Crippen LogP contribution in [0.5, 0.6) is 0 Å².